The number of aliphatic hydroxyl groups is 2. The number of carboxylic acids is 1. The number of H-pyrrole nitrogens is 3. The van der Waals surface area contributed by atoms with Gasteiger partial charge in [0.1, 0.15) is 78.3 Å². The van der Waals surface area contributed by atoms with Crippen LogP contribution in [0.4, 0.5) is 0 Å². The minimum absolute atomic E-state index is 0.00147. The molecule has 0 radical (unpaired) electrons. The number of aromatic hydroxyl groups is 1. The van der Waals surface area contributed by atoms with Gasteiger partial charge in [-0.15, -0.1) is 11.8 Å². The summed E-state index contributed by atoms with van der Waals surface area (Å²) >= 11 is 0.760. The van der Waals surface area contributed by atoms with Crippen LogP contribution in [-0.2, 0) is 112 Å². The summed E-state index contributed by atoms with van der Waals surface area (Å²) in [5, 5.41) is 67.7. The Labute approximate surface area is 776 Å². The highest BCUT2D eigenvalue weighted by Gasteiger charge is 2.47. The van der Waals surface area contributed by atoms with Gasteiger partial charge in [0.2, 0.25) is 94.5 Å². The van der Waals surface area contributed by atoms with E-state index in [0.717, 1.165) is 36.3 Å². The number of phenols is 1. The Morgan fingerprint density at radius 1 is 0.560 bits per heavy atom. The Morgan fingerprint density at radius 2 is 1.13 bits per heavy atom. The highest BCUT2D eigenvalue weighted by atomic mass is 32.2. The fourth-order valence-electron chi connectivity index (χ4n) is 16.7. The molecule has 0 saturated carbocycles. The number of para-hydroxylation sites is 2. The maximum Gasteiger partial charge on any atom is 0.305 e. The summed E-state index contributed by atoms with van der Waals surface area (Å²) in [6.45, 7) is 2.34. The number of imidazole rings is 1. The summed E-state index contributed by atoms with van der Waals surface area (Å²) in [4.78, 5) is 280. The lowest BCUT2D eigenvalue weighted by Crippen LogP contribution is -2.61. The number of benzene rings is 3. The predicted octanol–water partition coefficient (Wildman–Crippen LogP) is -2.54. The summed E-state index contributed by atoms with van der Waals surface area (Å²) in [5.41, 5.74) is 19.9. The zero-order valence-corrected chi connectivity index (χ0v) is 76.6. The minimum atomic E-state index is -1.93. The van der Waals surface area contributed by atoms with Crippen LogP contribution in [0.5, 0.6) is 5.75 Å². The third-order valence-electron chi connectivity index (χ3n) is 24.3. The number of nitrogens with two attached hydrogens (primary N) is 3. The maximum absolute atomic E-state index is 15.7. The zero-order valence-electron chi connectivity index (χ0n) is 75.7. The van der Waals surface area contributed by atoms with E-state index in [4.69, 9.17) is 17.2 Å². The van der Waals surface area contributed by atoms with Gasteiger partial charge in [-0.3, -0.25) is 86.3 Å². The quantitative estimate of drug-likeness (QED) is 0.0266. The van der Waals surface area contributed by atoms with Crippen LogP contribution in [0, 0.1) is 5.92 Å². The van der Waals surface area contributed by atoms with Crippen molar-refractivity contribution in [2.24, 2.45) is 23.1 Å². The molecule has 16 amide bonds. The molecular weight excluding hydrogens is 1760 g/mol. The maximum atomic E-state index is 15.7. The zero-order chi connectivity index (χ0) is 97.7. The number of thioether (sulfide) groups is 1. The average molecular weight is 1880 g/mol. The summed E-state index contributed by atoms with van der Waals surface area (Å²) in [6, 6.07) is -1.28. The number of fused-ring (bicyclic) bond motifs is 4. The SMILES string of the molecule is CCCC[C@H]1C(=O)N(C)[C@@H](CCCC)C(=O)N[C@@H](CCCN)C(=O)N[C@H](C(=O)NCC(N)=O)CSCC(=O)N[C@@H](Cc2ccc(O)cc2)C(=O)N(C)[C@@H](C)C(=O)N[C@@H](CC(=O)O)C(=O)N2CCC[C@H]2C(=O)N[C@@H](Cc2c[nH]cn2)C(=O)N[C@@H](CCC(N)=O)C(=O)N2C[C@H](O)C[C@H]2C(=O)C[C@@H](Cc2c[nH]c3ccccc23)C(=O)N[C@@H](CO)C(=O)N[C@@H](Cc2c[nH]c3ccccc23)C(=O)N1C. The van der Waals surface area contributed by atoms with E-state index >= 15 is 38.4 Å². The van der Waals surface area contributed by atoms with Crippen molar-refractivity contribution in [2.45, 2.75) is 227 Å². The number of Topliss-reactive ketones (excluding diaryl/α,β-unsaturated/α-hetero) is 1. The van der Waals surface area contributed by atoms with Crippen molar-refractivity contribution in [1.82, 2.24) is 92.3 Å². The molecule has 0 bridgehead atoms. The molecule has 6 aromatic rings. The molecule has 9 rings (SSSR count). The molecule has 0 unspecified atom stereocenters. The number of aromatic nitrogens is 4. The molecule has 15 atom stereocenters. The van der Waals surface area contributed by atoms with E-state index in [1.54, 1.807) is 60.9 Å². The second-order valence-corrected chi connectivity index (χ2v) is 35.0. The van der Waals surface area contributed by atoms with Crippen LogP contribution in [-0.4, -0.2) is 321 Å². The molecule has 0 aliphatic carbocycles. The minimum Gasteiger partial charge on any atom is -0.508 e. The van der Waals surface area contributed by atoms with Crippen molar-refractivity contribution in [3.8, 4) is 5.75 Å². The second-order valence-electron chi connectivity index (χ2n) is 34.0. The summed E-state index contributed by atoms with van der Waals surface area (Å²) in [6.07, 6.45) is 1.56. The van der Waals surface area contributed by atoms with Crippen LogP contribution < -0.4 is 65.1 Å². The summed E-state index contributed by atoms with van der Waals surface area (Å²) < 4.78 is 0. The lowest BCUT2D eigenvalue weighted by Gasteiger charge is -2.36. The molecule has 134 heavy (non-hydrogen) atoms. The van der Waals surface area contributed by atoms with Gasteiger partial charge in [0.25, 0.3) is 0 Å². The first-order valence-electron chi connectivity index (χ1n) is 44.8. The lowest BCUT2D eigenvalue weighted by atomic mass is 9.90. The number of nitrogens with zero attached hydrogens (tertiary/aromatic N) is 6. The molecule has 43 nitrogen and oxygen atoms in total. The first-order valence-corrected chi connectivity index (χ1v) is 45.9. The first kappa shape index (κ1) is 104. The van der Waals surface area contributed by atoms with Crippen LogP contribution in [0.3, 0.4) is 0 Å². The number of primary amides is 2. The standard InChI is InChI=1S/C90H123N21O22S/c1-7-9-22-69-84(127)100-61(21-15-31-91)81(124)106-68(80(123)97-43-75(93)117)46-134-47-76(118)99-64(33-50-25-27-55(113)28-26-50)86(129)107(4)49(3)78(121)103-66(39-77(119)120)89(132)110-32-16-24-70(110)85(128)102-63(37-54-42-94-48-98-54)82(125)101-62(29-30-74(92)116)88(131)111-44-56(114)38-72(111)73(115)36-51(34-52-40-95-59-19-13-11-17-57(52)59)79(122)105-67(45-112)83(126)104-65(35-53-41-96-60-20-14-12-18-58(53)60)87(130)109(6)71(23-10-8-2)90(133)108(69)5/h11-14,17-20,25-28,40-42,48-49,51,56,61-72,95-96,112-114H,7-10,15-16,21-24,29-39,43-47,91H2,1-6H3,(H2,92,116)(H2,93,117)(H,94,98)(H,97,123)(H,99,118)(H,100,127)(H,101,125)(H,102,128)(H,103,121)(H,104,126)(H,105,122)(H,106,124)(H,119,120)/t49-,51+,56+,61-,62-,63-,64-,65-,66-,67-,68-,69-,70-,71-,72-/m0/s1. The molecule has 0 spiro atoms. The molecule has 3 aliphatic rings. The molecule has 22 N–H and O–H groups in total. The van der Waals surface area contributed by atoms with Crippen LogP contribution in [0.1, 0.15) is 139 Å². The van der Waals surface area contributed by atoms with Crippen molar-refractivity contribution in [1.29, 1.82) is 0 Å². The topological polar surface area (TPSA) is 651 Å². The molecule has 726 valence electrons. The number of carboxylic acid groups (broad SMARTS) is 1. The van der Waals surface area contributed by atoms with E-state index in [-0.39, 0.29) is 82.3 Å². The molecule has 3 fully saturated rings. The van der Waals surface area contributed by atoms with Crippen LogP contribution in [0.25, 0.3) is 21.8 Å². The number of carbonyl (C=O) groups excluding carboxylic acids is 17. The summed E-state index contributed by atoms with van der Waals surface area (Å²) in [7, 11) is 3.87. The van der Waals surface area contributed by atoms with E-state index in [2.05, 4.69) is 67.8 Å². The first-order chi connectivity index (χ1) is 63.9. The highest BCUT2D eigenvalue weighted by Crippen LogP contribution is 2.30. The molecule has 3 aromatic heterocycles. The van der Waals surface area contributed by atoms with Gasteiger partial charge in [0.15, 0.2) is 5.78 Å². The smallest absolute Gasteiger partial charge is 0.305 e. The van der Waals surface area contributed by atoms with Crippen molar-refractivity contribution < 1.29 is 107 Å². The third kappa shape index (κ3) is 28.6. The number of amides is 16. The number of unbranched alkanes of at least 4 members (excludes halogenated alkanes) is 2. The highest BCUT2D eigenvalue weighted by molar-refractivity contribution is 8.00. The number of aliphatic carboxylic acids is 1. The Hall–Kier alpha value is -13.4. The Balaban J connectivity index is 1.10. The van der Waals surface area contributed by atoms with E-state index in [1.165, 1.54) is 64.9 Å². The van der Waals surface area contributed by atoms with E-state index in [9.17, 15) is 68.4 Å². The van der Waals surface area contributed by atoms with Crippen molar-refractivity contribution in [3.63, 3.8) is 0 Å². The number of hydrogen-bond acceptors (Lipinski definition) is 24. The number of rotatable bonds is 26. The second kappa shape index (κ2) is 49.9. The van der Waals surface area contributed by atoms with Crippen LogP contribution >= 0.6 is 11.8 Å². The van der Waals surface area contributed by atoms with Gasteiger partial charge in [-0.2, -0.15) is 0 Å². The average Bonchev–Trinajstić information content (AvgIpc) is 1.66. The fourth-order valence-corrected chi connectivity index (χ4v) is 17.5. The van der Waals surface area contributed by atoms with E-state index < -0.39 is 267 Å². The Bertz CT molecular complexity index is 5190. The van der Waals surface area contributed by atoms with Crippen LogP contribution in [0.15, 0.2) is 97.7 Å². The number of hydrogen-bond donors (Lipinski definition) is 19. The number of likely N-dealkylation sites (N-methyl/N-ethyl adjacent to an activating group) is 3. The normalized spacial score (nSPS) is 24.9. The van der Waals surface area contributed by atoms with E-state index in [1.807, 2.05) is 13.8 Å². The van der Waals surface area contributed by atoms with Gasteiger partial charge < -0.3 is 125 Å². The predicted molar refractivity (Wildman–Crippen MR) is 488 cm³/mol. The summed E-state index contributed by atoms with van der Waals surface area (Å²) in [5.74, 6) is -20.5. The number of carbonyl (C=O) groups is 18. The number of nitrogens with one attached hydrogen (secondary N) is 12. The molecule has 44 heteroatoms. The largest absolute Gasteiger partial charge is 0.508 e. The lowest BCUT2D eigenvalue weighted by molar-refractivity contribution is -0.149. The third-order valence-corrected chi connectivity index (χ3v) is 25.3. The van der Waals surface area contributed by atoms with Crippen LogP contribution in [0.2, 0.25) is 0 Å². The Kier molecular flexibility index (Phi) is 38.9. The van der Waals surface area contributed by atoms with Gasteiger partial charge in [0, 0.05) is 125 Å². The number of phenolic OH excluding ortho intramolecular Hbond substituents is 1. The molecule has 3 aromatic carbocycles. The number of aliphatic hydroxyl groups excluding tert-OH is 2. The van der Waals surface area contributed by atoms with Gasteiger partial charge >= 0.3 is 5.97 Å². The molecule has 6 heterocycles. The molecular formula is C90H123N21O22S. The van der Waals surface area contributed by atoms with Gasteiger partial charge in [-0.05, 0) is 106 Å². The Morgan fingerprint density at radius 3 is 1.75 bits per heavy atom. The van der Waals surface area contributed by atoms with Gasteiger partial charge in [-0.25, -0.2) is 4.98 Å². The monoisotopic (exact) mass is 1880 g/mol. The van der Waals surface area contributed by atoms with E-state index in [0.29, 0.717) is 64.2 Å². The fraction of sp³-hybridized carbons (Fsp3) is 0.522. The number of ketones is 1. The number of aromatic amines is 3. The van der Waals surface area contributed by atoms with Gasteiger partial charge in [0.05, 0.1) is 49.5 Å². The van der Waals surface area contributed by atoms with Crippen molar-refractivity contribution in [3.05, 3.63) is 120 Å². The molecule has 3 aliphatic heterocycles. The van der Waals surface area contributed by atoms with Gasteiger partial charge in [-0.1, -0.05) is 88.1 Å². The van der Waals surface area contributed by atoms with Crippen molar-refractivity contribution >= 4 is 140 Å². The van der Waals surface area contributed by atoms with Crippen molar-refractivity contribution in [2.75, 3.05) is 65.4 Å². The molecule has 3 saturated heterocycles.